The predicted molar refractivity (Wildman–Crippen MR) is 112 cm³/mol. The van der Waals surface area contributed by atoms with Gasteiger partial charge in [-0.1, -0.05) is 12.8 Å². The molecule has 0 aromatic rings. The SMILES string of the molecule is CCNC(=NCC1(C(=O)N(C)C)CCCC1)NC1CCC(O)CC1.I. The number of guanidine groups is 1. The molecule has 2 saturated carbocycles. The minimum absolute atomic E-state index is 0. The van der Waals surface area contributed by atoms with Gasteiger partial charge in [0.2, 0.25) is 5.91 Å². The quantitative estimate of drug-likeness (QED) is 0.330. The maximum atomic E-state index is 12.7. The Hall–Kier alpha value is -0.570. The summed E-state index contributed by atoms with van der Waals surface area (Å²) in [6.45, 7) is 3.41. The van der Waals surface area contributed by atoms with Crippen molar-refractivity contribution in [2.45, 2.75) is 70.4 Å². The first-order valence-corrected chi connectivity index (χ1v) is 9.41. The van der Waals surface area contributed by atoms with Crippen LogP contribution in [0.3, 0.4) is 0 Å². The zero-order valence-corrected chi connectivity index (χ0v) is 18.2. The van der Waals surface area contributed by atoms with Crippen molar-refractivity contribution >= 4 is 35.8 Å². The molecule has 0 atom stereocenters. The molecule has 0 aromatic carbocycles. The van der Waals surface area contributed by atoms with Crippen LogP contribution in [-0.4, -0.2) is 61.2 Å². The van der Waals surface area contributed by atoms with Crippen molar-refractivity contribution in [1.82, 2.24) is 15.5 Å². The standard InChI is InChI=1S/C18H34N4O2.HI/c1-4-19-17(21-14-7-9-15(23)10-8-14)20-13-18(11-5-6-12-18)16(24)22(2)3;/h14-15,23H,4-13H2,1-3H3,(H2,19,20,21);1H. The summed E-state index contributed by atoms with van der Waals surface area (Å²) in [6, 6.07) is 0.357. The van der Waals surface area contributed by atoms with Crippen molar-refractivity contribution in [3.63, 3.8) is 0 Å². The molecule has 0 saturated heterocycles. The lowest BCUT2D eigenvalue weighted by atomic mass is 9.85. The average Bonchev–Trinajstić information content (AvgIpc) is 3.04. The lowest BCUT2D eigenvalue weighted by molar-refractivity contribution is -0.138. The normalized spacial score (nSPS) is 25.8. The lowest BCUT2D eigenvalue weighted by Crippen LogP contribution is -2.46. The van der Waals surface area contributed by atoms with Crippen molar-refractivity contribution in [3.05, 3.63) is 0 Å². The molecule has 1 amide bonds. The van der Waals surface area contributed by atoms with Crippen LogP contribution in [0, 0.1) is 5.41 Å². The number of aliphatic hydroxyl groups excluding tert-OH is 1. The third-order valence-corrected chi connectivity index (χ3v) is 5.34. The van der Waals surface area contributed by atoms with Gasteiger partial charge in [-0.05, 0) is 45.4 Å². The van der Waals surface area contributed by atoms with Gasteiger partial charge in [0, 0.05) is 26.7 Å². The van der Waals surface area contributed by atoms with Crippen LogP contribution in [0.5, 0.6) is 0 Å². The van der Waals surface area contributed by atoms with Gasteiger partial charge in [-0.3, -0.25) is 9.79 Å². The fourth-order valence-corrected chi connectivity index (χ4v) is 3.93. The number of aliphatic hydroxyl groups is 1. The van der Waals surface area contributed by atoms with Crippen LogP contribution in [-0.2, 0) is 4.79 Å². The number of carbonyl (C=O) groups excluding carboxylic acids is 1. The van der Waals surface area contributed by atoms with Crippen molar-refractivity contribution in [2.75, 3.05) is 27.2 Å². The van der Waals surface area contributed by atoms with Crippen LogP contribution < -0.4 is 10.6 Å². The van der Waals surface area contributed by atoms with Gasteiger partial charge in [0.1, 0.15) is 0 Å². The second-order valence-corrected chi connectivity index (χ2v) is 7.53. The van der Waals surface area contributed by atoms with Crippen LogP contribution in [0.15, 0.2) is 4.99 Å². The minimum Gasteiger partial charge on any atom is -0.393 e. The maximum absolute atomic E-state index is 12.7. The van der Waals surface area contributed by atoms with E-state index in [1.807, 2.05) is 14.1 Å². The highest BCUT2D eigenvalue weighted by atomic mass is 127. The monoisotopic (exact) mass is 466 g/mol. The van der Waals surface area contributed by atoms with Gasteiger partial charge in [0.15, 0.2) is 5.96 Å². The Kier molecular flexibility index (Phi) is 9.48. The van der Waals surface area contributed by atoms with Crippen LogP contribution in [0.1, 0.15) is 58.3 Å². The number of nitrogens with one attached hydrogen (secondary N) is 2. The largest absolute Gasteiger partial charge is 0.393 e. The van der Waals surface area contributed by atoms with E-state index in [-0.39, 0.29) is 41.4 Å². The molecule has 2 aliphatic rings. The third kappa shape index (κ3) is 6.27. The maximum Gasteiger partial charge on any atom is 0.230 e. The van der Waals surface area contributed by atoms with Crippen LogP contribution in [0.4, 0.5) is 0 Å². The van der Waals surface area contributed by atoms with Gasteiger partial charge in [-0.25, -0.2) is 0 Å². The first-order valence-electron chi connectivity index (χ1n) is 9.41. The van der Waals surface area contributed by atoms with E-state index in [2.05, 4.69) is 17.6 Å². The number of aliphatic imine (C=N–C) groups is 1. The van der Waals surface area contributed by atoms with Crippen LogP contribution >= 0.6 is 24.0 Å². The van der Waals surface area contributed by atoms with Gasteiger partial charge >= 0.3 is 0 Å². The Morgan fingerprint density at radius 3 is 2.32 bits per heavy atom. The van der Waals surface area contributed by atoms with E-state index in [1.165, 1.54) is 0 Å². The Morgan fingerprint density at radius 1 is 1.20 bits per heavy atom. The zero-order valence-electron chi connectivity index (χ0n) is 15.9. The fraction of sp³-hybridized carbons (Fsp3) is 0.889. The third-order valence-electron chi connectivity index (χ3n) is 5.34. The number of halogens is 1. The van der Waals surface area contributed by atoms with Crippen molar-refractivity contribution in [2.24, 2.45) is 10.4 Å². The highest BCUT2D eigenvalue weighted by Crippen LogP contribution is 2.39. The van der Waals surface area contributed by atoms with E-state index in [4.69, 9.17) is 4.99 Å². The Labute approximate surface area is 169 Å². The number of carbonyl (C=O) groups is 1. The molecule has 0 spiro atoms. The molecular weight excluding hydrogens is 431 g/mol. The molecule has 0 unspecified atom stereocenters. The summed E-state index contributed by atoms with van der Waals surface area (Å²) in [5.41, 5.74) is -0.325. The van der Waals surface area contributed by atoms with Crippen molar-refractivity contribution < 1.29 is 9.90 Å². The van der Waals surface area contributed by atoms with Gasteiger partial charge in [-0.15, -0.1) is 24.0 Å². The predicted octanol–water partition coefficient (Wildman–Crippen LogP) is 2.11. The molecule has 0 aliphatic heterocycles. The molecule has 146 valence electrons. The van der Waals surface area contributed by atoms with E-state index >= 15 is 0 Å². The van der Waals surface area contributed by atoms with E-state index in [9.17, 15) is 9.90 Å². The van der Waals surface area contributed by atoms with Crippen LogP contribution in [0.25, 0.3) is 0 Å². The molecule has 3 N–H and O–H groups in total. The molecule has 2 aliphatic carbocycles. The molecular formula is C18H35IN4O2. The molecule has 0 radical (unpaired) electrons. The molecule has 2 fully saturated rings. The van der Waals surface area contributed by atoms with Gasteiger partial charge in [0.05, 0.1) is 18.1 Å². The van der Waals surface area contributed by atoms with Crippen molar-refractivity contribution in [3.8, 4) is 0 Å². The van der Waals surface area contributed by atoms with Gasteiger partial charge < -0.3 is 20.6 Å². The van der Waals surface area contributed by atoms with E-state index in [0.29, 0.717) is 12.6 Å². The smallest absolute Gasteiger partial charge is 0.230 e. The lowest BCUT2D eigenvalue weighted by Gasteiger charge is -2.30. The molecule has 0 bridgehead atoms. The number of nitrogens with zero attached hydrogens (tertiary/aromatic N) is 2. The highest BCUT2D eigenvalue weighted by molar-refractivity contribution is 14.0. The Balaban J connectivity index is 0.00000312. The first kappa shape index (κ1) is 22.5. The molecule has 25 heavy (non-hydrogen) atoms. The summed E-state index contributed by atoms with van der Waals surface area (Å²) in [4.78, 5) is 19.1. The highest BCUT2D eigenvalue weighted by Gasteiger charge is 2.42. The minimum atomic E-state index is -0.325. The number of rotatable bonds is 5. The topological polar surface area (TPSA) is 77.0 Å². The summed E-state index contributed by atoms with van der Waals surface area (Å²) in [5, 5.41) is 16.4. The number of amides is 1. The fourth-order valence-electron chi connectivity index (χ4n) is 3.93. The second-order valence-electron chi connectivity index (χ2n) is 7.53. The van der Waals surface area contributed by atoms with E-state index in [0.717, 1.165) is 63.9 Å². The summed E-state index contributed by atoms with van der Waals surface area (Å²) >= 11 is 0. The average molecular weight is 466 g/mol. The summed E-state index contributed by atoms with van der Waals surface area (Å²) in [6.07, 6.45) is 7.56. The zero-order chi connectivity index (χ0) is 17.6. The van der Waals surface area contributed by atoms with E-state index in [1.54, 1.807) is 4.90 Å². The van der Waals surface area contributed by atoms with Crippen molar-refractivity contribution in [1.29, 1.82) is 0 Å². The number of hydrogen-bond donors (Lipinski definition) is 3. The molecule has 7 heteroatoms. The van der Waals surface area contributed by atoms with Gasteiger partial charge in [0.25, 0.3) is 0 Å². The summed E-state index contributed by atoms with van der Waals surface area (Å²) in [7, 11) is 3.67. The molecule has 2 rings (SSSR count). The second kappa shape index (κ2) is 10.5. The Morgan fingerprint density at radius 2 is 1.80 bits per heavy atom. The molecule has 0 heterocycles. The molecule has 6 nitrogen and oxygen atoms in total. The van der Waals surface area contributed by atoms with Gasteiger partial charge in [-0.2, -0.15) is 0 Å². The molecule has 0 aromatic heterocycles. The summed E-state index contributed by atoms with van der Waals surface area (Å²) < 4.78 is 0. The Bertz CT molecular complexity index is 442. The van der Waals surface area contributed by atoms with Crippen LogP contribution in [0.2, 0.25) is 0 Å². The van der Waals surface area contributed by atoms with E-state index < -0.39 is 0 Å². The first-order chi connectivity index (χ1) is 11.5. The number of hydrogen-bond acceptors (Lipinski definition) is 3. The summed E-state index contributed by atoms with van der Waals surface area (Å²) in [5.74, 6) is 1.01.